The van der Waals surface area contributed by atoms with Gasteiger partial charge < -0.3 is 5.11 Å². The minimum absolute atomic E-state index is 0.235. The van der Waals surface area contributed by atoms with Crippen molar-refractivity contribution < 1.29 is 13.9 Å². The van der Waals surface area contributed by atoms with Gasteiger partial charge in [0.2, 0.25) is 0 Å². The molecular formula is C16H21F2NO. The summed E-state index contributed by atoms with van der Waals surface area (Å²) in [4.78, 5) is 2.27. The predicted octanol–water partition coefficient (Wildman–Crippen LogP) is 3.15. The summed E-state index contributed by atoms with van der Waals surface area (Å²) in [7, 11) is 0. The van der Waals surface area contributed by atoms with E-state index in [0.717, 1.165) is 25.7 Å². The number of piperidine rings is 2. The standard InChI is InChI=1S/C16H21F2NO/c1-10-5-6-11(16(18)15(10)17)9-19-12-3-2-4-13(19)8-14(20)7-12/h5-6,12-14,20H,2-4,7-9H2,1H3/t12-,13+,14?. The normalized spacial score (nSPS) is 30.5. The lowest BCUT2D eigenvalue weighted by Gasteiger charge is -2.47. The van der Waals surface area contributed by atoms with Crippen molar-refractivity contribution in [3.63, 3.8) is 0 Å². The van der Waals surface area contributed by atoms with Gasteiger partial charge in [0.25, 0.3) is 0 Å². The third-order valence-electron chi connectivity index (χ3n) is 4.81. The van der Waals surface area contributed by atoms with Crippen molar-refractivity contribution in [2.75, 3.05) is 0 Å². The van der Waals surface area contributed by atoms with Crippen molar-refractivity contribution in [2.45, 2.75) is 63.8 Å². The van der Waals surface area contributed by atoms with Gasteiger partial charge in [-0.15, -0.1) is 0 Å². The van der Waals surface area contributed by atoms with E-state index >= 15 is 0 Å². The Bertz CT molecular complexity index is 491. The lowest BCUT2D eigenvalue weighted by molar-refractivity contribution is -0.0317. The van der Waals surface area contributed by atoms with Gasteiger partial charge in [0.05, 0.1) is 6.10 Å². The number of aliphatic hydroxyl groups excluding tert-OH is 1. The second kappa shape index (κ2) is 5.41. The number of aryl methyl sites for hydroxylation is 1. The summed E-state index contributed by atoms with van der Waals surface area (Å²) < 4.78 is 27.7. The summed E-state index contributed by atoms with van der Waals surface area (Å²) in [5.74, 6) is -1.45. The largest absolute Gasteiger partial charge is 0.393 e. The molecule has 0 amide bonds. The average molecular weight is 281 g/mol. The molecule has 1 N–H and O–H groups in total. The Hall–Kier alpha value is -1.00. The Morgan fingerprint density at radius 2 is 1.80 bits per heavy atom. The molecule has 1 aromatic rings. The first-order valence-corrected chi connectivity index (χ1v) is 7.43. The molecule has 2 aliphatic rings. The van der Waals surface area contributed by atoms with Gasteiger partial charge >= 0.3 is 0 Å². The van der Waals surface area contributed by atoms with Crippen LogP contribution in [0.15, 0.2) is 12.1 Å². The van der Waals surface area contributed by atoms with Crippen molar-refractivity contribution in [3.05, 3.63) is 34.9 Å². The monoisotopic (exact) mass is 281 g/mol. The molecule has 4 heteroatoms. The van der Waals surface area contributed by atoms with Crippen LogP contribution in [0.3, 0.4) is 0 Å². The van der Waals surface area contributed by atoms with Gasteiger partial charge in [-0.1, -0.05) is 18.6 Å². The molecular weight excluding hydrogens is 260 g/mol. The Balaban J connectivity index is 1.82. The lowest BCUT2D eigenvalue weighted by Crippen LogP contribution is -2.52. The Kier molecular flexibility index (Phi) is 3.78. The Morgan fingerprint density at radius 1 is 1.15 bits per heavy atom. The quantitative estimate of drug-likeness (QED) is 0.900. The third-order valence-corrected chi connectivity index (χ3v) is 4.81. The topological polar surface area (TPSA) is 23.5 Å². The maximum Gasteiger partial charge on any atom is 0.163 e. The van der Waals surface area contributed by atoms with E-state index in [1.54, 1.807) is 19.1 Å². The molecule has 1 unspecified atom stereocenters. The number of halogens is 2. The predicted molar refractivity (Wildman–Crippen MR) is 73.3 cm³/mol. The van der Waals surface area contributed by atoms with Crippen molar-refractivity contribution in [1.29, 1.82) is 0 Å². The molecule has 2 saturated heterocycles. The molecule has 2 fully saturated rings. The van der Waals surface area contributed by atoms with Crippen molar-refractivity contribution in [1.82, 2.24) is 4.90 Å². The molecule has 0 radical (unpaired) electrons. The molecule has 3 atom stereocenters. The van der Waals surface area contributed by atoms with Crippen molar-refractivity contribution in [2.24, 2.45) is 0 Å². The minimum Gasteiger partial charge on any atom is -0.393 e. The van der Waals surface area contributed by atoms with Gasteiger partial charge in [-0.05, 0) is 38.2 Å². The van der Waals surface area contributed by atoms with Crippen LogP contribution in [0, 0.1) is 18.6 Å². The van der Waals surface area contributed by atoms with Gasteiger partial charge in [0.1, 0.15) is 0 Å². The highest BCUT2D eigenvalue weighted by Crippen LogP contribution is 2.35. The fourth-order valence-electron chi connectivity index (χ4n) is 3.71. The molecule has 1 aromatic carbocycles. The molecule has 2 aliphatic heterocycles. The highest BCUT2D eigenvalue weighted by atomic mass is 19.2. The summed E-state index contributed by atoms with van der Waals surface area (Å²) >= 11 is 0. The van der Waals surface area contributed by atoms with Crippen LogP contribution in [0.25, 0.3) is 0 Å². The maximum absolute atomic E-state index is 14.0. The van der Waals surface area contributed by atoms with Crippen molar-refractivity contribution in [3.8, 4) is 0 Å². The number of hydrogen-bond donors (Lipinski definition) is 1. The highest BCUT2D eigenvalue weighted by molar-refractivity contribution is 5.25. The zero-order valence-corrected chi connectivity index (χ0v) is 11.8. The number of aliphatic hydroxyl groups is 1. The van der Waals surface area contributed by atoms with E-state index in [-0.39, 0.29) is 6.10 Å². The van der Waals surface area contributed by atoms with Crippen LogP contribution in [0.4, 0.5) is 8.78 Å². The average Bonchev–Trinajstić information content (AvgIpc) is 2.40. The minimum atomic E-state index is -0.732. The zero-order valence-electron chi connectivity index (χ0n) is 11.8. The van der Waals surface area contributed by atoms with Crippen LogP contribution in [-0.4, -0.2) is 28.2 Å². The van der Waals surface area contributed by atoms with Gasteiger partial charge in [-0.25, -0.2) is 8.78 Å². The van der Waals surface area contributed by atoms with Crippen LogP contribution < -0.4 is 0 Å². The van der Waals surface area contributed by atoms with Crippen LogP contribution >= 0.6 is 0 Å². The number of rotatable bonds is 2. The van der Waals surface area contributed by atoms with Gasteiger partial charge in [-0.2, -0.15) is 0 Å². The third kappa shape index (κ3) is 2.47. The summed E-state index contributed by atoms with van der Waals surface area (Å²) in [6.07, 6.45) is 4.54. The number of benzene rings is 1. The molecule has 0 spiro atoms. The Morgan fingerprint density at radius 3 is 2.45 bits per heavy atom. The summed E-state index contributed by atoms with van der Waals surface area (Å²) in [6, 6.07) is 3.94. The number of hydrogen-bond acceptors (Lipinski definition) is 2. The van der Waals surface area contributed by atoms with E-state index in [9.17, 15) is 13.9 Å². The molecule has 2 nitrogen and oxygen atoms in total. The molecule has 0 aliphatic carbocycles. The first-order valence-electron chi connectivity index (χ1n) is 7.43. The molecule has 110 valence electrons. The summed E-state index contributed by atoms with van der Waals surface area (Å²) in [5.41, 5.74) is 0.780. The van der Waals surface area contributed by atoms with E-state index in [2.05, 4.69) is 4.90 Å². The van der Waals surface area contributed by atoms with E-state index in [1.165, 1.54) is 6.42 Å². The van der Waals surface area contributed by atoms with Crippen LogP contribution in [0.5, 0.6) is 0 Å². The molecule has 3 rings (SSSR count). The van der Waals surface area contributed by atoms with Crippen LogP contribution in [0.2, 0.25) is 0 Å². The number of nitrogens with zero attached hydrogens (tertiary/aromatic N) is 1. The van der Waals surface area contributed by atoms with Gasteiger partial charge in [0.15, 0.2) is 11.6 Å². The Labute approximate surface area is 118 Å². The summed E-state index contributed by atoms with van der Waals surface area (Å²) in [5, 5.41) is 9.87. The van der Waals surface area contributed by atoms with Gasteiger partial charge in [0, 0.05) is 24.2 Å². The smallest absolute Gasteiger partial charge is 0.163 e. The van der Waals surface area contributed by atoms with E-state index in [0.29, 0.717) is 29.8 Å². The molecule has 20 heavy (non-hydrogen) atoms. The molecule has 0 aromatic heterocycles. The zero-order chi connectivity index (χ0) is 14.3. The van der Waals surface area contributed by atoms with Crippen LogP contribution in [-0.2, 0) is 6.54 Å². The lowest BCUT2D eigenvalue weighted by atomic mass is 9.82. The molecule has 0 saturated carbocycles. The van der Waals surface area contributed by atoms with E-state index in [1.807, 2.05) is 0 Å². The van der Waals surface area contributed by atoms with E-state index < -0.39 is 11.6 Å². The second-order valence-electron chi connectivity index (χ2n) is 6.21. The van der Waals surface area contributed by atoms with E-state index in [4.69, 9.17) is 0 Å². The van der Waals surface area contributed by atoms with Crippen molar-refractivity contribution >= 4 is 0 Å². The molecule has 2 heterocycles. The fourth-order valence-corrected chi connectivity index (χ4v) is 3.71. The van der Waals surface area contributed by atoms with Crippen LogP contribution in [0.1, 0.15) is 43.2 Å². The molecule has 2 bridgehead atoms. The maximum atomic E-state index is 14.0. The number of fused-ring (bicyclic) bond motifs is 2. The first-order chi connectivity index (χ1) is 9.56. The second-order valence-corrected chi connectivity index (χ2v) is 6.21. The van der Waals surface area contributed by atoms with Gasteiger partial charge in [-0.3, -0.25) is 4.90 Å². The fraction of sp³-hybridized carbons (Fsp3) is 0.625. The first kappa shape index (κ1) is 14.0. The summed E-state index contributed by atoms with van der Waals surface area (Å²) in [6.45, 7) is 2.03. The SMILES string of the molecule is Cc1ccc(CN2[C@@H]3CCC[C@H]2CC(O)C3)c(F)c1F. The highest BCUT2D eigenvalue weighted by Gasteiger charge is 2.37.